The number of nitrogens with zero attached hydrogens (tertiary/aromatic N) is 3. The number of carbonyl (C=O) groups is 2. The van der Waals surface area contributed by atoms with E-state index in [2.05, 4.69) is 25.5 Å². The Balaban J connectivity index is 1.77. The lowest BCUT2D eigenvalue weighted by Gasteiger charge is -2.40. The van der Waals surface area contributed by atoms with Crippen LogP contribution in [0.2, 0.25) is 0 Å². The highest BCUT2D eigenvalue weighted by Gasteiger charge is 2.47. The Morgan fingerprint density at radius 1 is 1.33 bits per heavy atom. The molecule has 2 aliphatic heterocycles. The van der Waals surface area contributed by atoms with E-state index in [0.717, 1.165) is 43.1 Å². The van der Waals surface area contributed by atoms with Crippen molar-refractivity contribution < 1.29 is 14.3 Å². The molecule has 0 bridgehead atoms. The number of anilines is 1. The second-order valence-corrected chi connectivity index (χ2v) is 7.86. The van der Waals surface area contributed by atoms with Crippen molar-refractivity contribution in [2.24, 2.45) is 0 Å². The van der Waals surface area contributed by atoms with Crippen LogP contribution < -0.4 is 10.6 Å². The van der Waals surface area contributed by atoms with Crippen LogP contribution >= 0.6 is 0 Å². The Bertz CT molecular complexity index is 901. The summed E-state index contributed by atoms with van der Waals surface area (Å²) in [6.45, 7) is 1.08. The van der Waals surface area contributed by atoms with Gasteiger partial charge in [-0.25, -0.2) is 9.97 Å². The first-order valence-electron chi connectivity index (χ1n) is 10.4. The molecule has 8 nitrogen and oxygen atoms in total. The summed E-state index contributed by atoms with van der Waals surface area (Å²) in [6.07, 6.45) is 13.4. The minimum absolute atomic E-state index is 0.0923. The van der Waals surface area contributed by atoms with E-state index in [9.17, 15) is 9.59 Å². The van der Waals surface area contributed by atoms with E-state index in [4.69, 9.17) is 4.74 Å². The highest BCUT2D eigenvalue weighted by Crippen LogP contribution is 2.39. The molecule has 158 valence electrons. The van der Waals surface area contributed by atoms with E-state index in [1.807, 2.05) is 13.1 Å². The molecule has 3 heterocycles. The number of rotatable bonds is 5. The van der Waals surface area contributed by atoms with E-state index in [-0.39, 0.29) is 11.6 Å². The first kappa shape index (κ1) is 20.3. The van der Waals surface area contributed by atoms with Gasteiger partial charge in [0.2, 0.25) is 0 Å². The zero-order valence-corrected chi connectivity index (χ0v) is 17.2. The van der Waals surface area contributed by atoms with E-state index >= 15 is 0 Å². The maximum Gasteiger partial charge on any atom is 0.270 e. The Kier molecular flexibility index (Phi) is 5.94. The van der Waals surface area contributed by atoms with E-state index in [0.29, 0.717) is 36.8 Å². The van der Waals surface area contributed by atoms with Crippen LogP contribution in [0, 0.1) is 0 Å². The van der Waals surface area contributed by atoms with Gasteiger partial charge < -0.3 is 20.3 Å². The molecule has 0 radical (unpaired) electrons. The Morgan fingerprint density at radius 3 is 2.83 bits per heavy atom. The number of nitrogens with one attached hydrogen (secondary N) is 2. The van der Waals surface area contributed by atoms with E-state index in [1.165, 1.54) is 12.7 Å². The molecule has 1 saturated heterocycles. The molecule has 0 aromatic carbocycles. The molecule has 0 atom stereocenters. The predicted molar refractivity (Wildman–Crippen MR) is 112 cm³/mol. The first-order chi connectivity index (χ1) is 14.6. The smallest absolute Gasteiger partial charge is 0.270 e. The number of ether oxygens (including phenoxy) is 1. The van der Waals surface area contributed by atoms with E-state index in [1.54, 1.807) is 18.3 Å². The number of likely N-dealkylation sites (N-methyl/N-ethyl adjacent to an activating group) is 1. The summed E-state index contributed by atoms with van der Waals surface area (Å²) < 4.78 is 5.47. The molecule has 0 unspecified atom stereocenters. The van der Waals surface area contributed by atoms with Crippen molar-refractivity contribution >= 4 is 18.0 Å². The standard InChI is InChI=1S/C22H27N5O3/c1-27-20(21(29)26-22(27)8-3-2-4-9-22)18(16-6-11-30-12-7-16)13-17(14-28)25-19-5-10-23-15-24-19/h5-6,10,13-15H,2-4,7-9,11-12H2,1H3,(H,26,29)(H,23,24,25)/b17-13+,20-18+. The van der Waals surface area contributed by atoms with Gasteiger partial charge in [0.25, 0.3) is 5.91 Å². The highest BCUT2D eigenvalue weighted by atomic mass is 16.5. The quantitative estimate of drug-likeness (QED) is 0.569. The van der Waals surface area contributed by atoms with Gasteiger partial charge in [0.15, 0.2) is 6.29 Å². The van der Waals surface area contributed by atoms with Crippen LogP contribution in [0.15, 0.2) is 53.3 Å². The van der Waals surface area contributed by atoms with Crippen molar-refractivity contribution in [2.75, 3.05) is 25.6 Å². The largest absolute Gasteiger partial charge is 0.377 e. The van der Waals surface area contributed by atoms with Crippen LogP contribution in [0.5, 0.6) is 0 Å². The zero-order chi connectivity index (χ0) is 21.0. The van der Waals surface area contributed by atoms with Crippen molar-refractivity contribution in [3.8, 4) is 0 Å². The Labute approximate surface area is 176 Å². The fourth-order valence-electron chi connectivity index (χ4n) is 4.47. The average Bonchev–Trinajstić information content (AvgIpc) is 3.02. The van der Waals surface area contributed by atoms with Crippen LogP contribution in [0.25, 0.3) is 0 Å². The van der Waals surface area contributed by atoms with Crippen LogP contribution in [-0.2, 0) is 14.3 Å². The maximum atomic E-state index is 13.1. The number of hydrogen-bond acceptors (Lipinski definition) is 7. The highest BCUT2D eigenvalue weighted by molar-refractivity contribution is 5.98. The Hall–Kier alpha value is -3.00. The number of hydrogen-bond donors (Lipinski definition) is 2. The molecular weight excluding hydrogens is 382 g/mol. The molecule has 4 rings (SSSR count). The van der Waals surface area contributed by atoms with Crippen LogP contribution in [0.3, 0.4) is 0 Å². The van der Waals surface area contributed by atoms with Crippen LogP contribution in [0.4, 0.5) is 5.82 Å². The first-order valence-corrected chi connectivity index (χ1v) is 10.4. The van der Waals surface area contributed by atoms with Gasteiger partial charge in [-0.3, -0.25) is 9.59 Å². The van der Waals surface area contributed by atoms with Crippen molar-refractivity contribution in [1.29, 1.82) is 0 Å². The number of allylic oxidation sites excluding steroid dienone is 3. The minimum atomic E-state index is -0.336. The summed E-state index contributed by atoms with van der Waals surface area (Å²) in [5.74, 6) is 0.423. The van der Waals surface area contributed by atoms with Gasteiger partial charge in [-0.05, 0) is 49.8 Å². The molecule has 1 aromatic rings. The lowest BCUT2D eigenvalue weighted by Crippen LogP contribution is -2.51. The molecular formula is C22H27N5O3. The minimum Gasteiger partial charge on any atom is -0.377 e. The summed E-state index contributed by atoms with van der Waals surface area (Å²) in [7, 11) is 1.98. The van der Waals surface area contributed by atoms with E-state index < -0.39 is 0 Å². The van der Waals surface area contributed by atoms with Gasteiger partial charge in [0, 0.05) is 18.8 Å². The molecule has 1 aromatic heterocycles. The van der Waals surface area contributed by atoms with Gasteiger partial charge in [0.05, 0.1) is 18.9 Å². The van der Waals surface area contributed by atoms with Gasteiger partial charge in [-0.15, -0.1) is 0 Å². The number of carbonyl (C=O) groups excluding carboxylic acids is 2. The van der Waals surface area contributed by atoms with Crippen LogP contribution in [0.1, 0.15) is 38.5 Å². The van der Waals surface area contributed by atoms with Gasteiger partial charge >= 0.3 is 0 Å². The molecule has 8 heteroatoms. The summed E-state index contributed by atoms with van der Waals surface area (Å²) in [5.41, 5.74) is 2.36. The number of aldehydes is 1. The molecule has 30 heavy (non-hydrogen) atoms. The molecule has 3 aliphatic rings. The second kappa shape index (κ2) is 8.79. The van der Waals surface area contributed by atoms with Gasteiger partial charge in [-0.1, -0.05) is 12.5 Å². The van der Waals surface area contributed by atoms with Crippen molar-refractivity contribution in [3.63, 3.8) is 0 Å². The third-order valence-corrected chi connectivity index (χ3v) is 6.07. The summed E-state index contributed by atoms with van der Waals surface area (Å²) in [5, 5.41) is 6.26. The average molecular weight is 409 g/mol. The SMILES string of the molecule is CN1/C(=C(\C=C(/C=O)Nc2ccncn2)C2=CCOCC2)C(=O)NC12CCCCC2. The Morgan fingerprint density at radius 2 is 2.17 bits per heavy atom. The molecule has 1 aliphatic carbocycles. The summed E-state index contributed by atoms with van der Waals surface area (Å²) in [4.78, 5) is 35.1. The third-order valence-electron chi connectivity index (χ3n) is 6.07. The lowest BCUT2D eigenvalue weighted by atomic mass is 9.88. The fraction of sp³-hybridized carbons (Fsp3) is 0.455. The number of aromatic nitrogens is 2. The normalized spacial score (nSPS) is 23.1. The second-order valence-electron chi connectivity index (χ2n) is 7.86. The maximum absolute atomic E-state index is 13.1. The monoisotopic (exact) mass is 409 g/mol. The summed E-state index contributed by atoms with van der Waals surface area (Å²) >= 11 is 0. The van der Waals surface area contributed by atoms with Crippen molar-refractivity contribution in [2.45, 2.75) is 44.2 Å². The summed E-state index contributed by atoms with van der Waals surface area (Å²) in [6, 6.07) is 1.68. The number of amides is 1. The van der Waals surface area contributed by atoms with Gasteiger partial charge in [-0.2, -0.15) is 0 Å². The van der Waals surface area contributed by atoms with Crippen LogP contribution in [-0.4, -0.2) is 53.0 Å². The molecule has 2 fully saturated rings. The molecule has 1 amide bonds. The molecule has 1 spiro atoms. The lowest BCUT2D eigenvalue weighted by molar-refractivity contribution is -0.117. The van der Waals surface area contributed by atoms with Crippen molar-refractivity contribution in [1.82, 2.24) is 20.2 Å². The topological polar surface area (TPSA) is 96.5 Å². The predicted octanol–water partition coefficient (Wildman–Crippen LogP) is 2.29. The van der Waals surface area contributed by atoms with Gasteiger partial charge in [0.1, 0.15) is 23.5 Å². The zero-order valence-electron chi connectivity index (χ0n) is 17.2. The fourth-order valence-corrected chi connectivity index (χ4v) is 4.47. The molecule has 1 saturated carbocycles. The van der Waals surface area contributed by atoms with Crippen molar-refractivity contribution in [3.05, 3.63) is 53.3 Å². The third kappa shape index (κ3) is 4.00. The molecule has 2 N–H and O–H groups in total.